The summed E-state index contributed by atoms with van der Waals surface area (Å²) in [5.74, 6) is -0.338. The Morgan fingerprint density at radius 2 is 2.07 bits per heavy atom. The summed E-state index contributed by atoms with van der Waals surface area (Å²) >= 11 is 0. The third kappa shape index (κ3) is 6.62. The number of hydrogen-bond donors (Lipinski definition) is 0. The molecule has 14 heavy (non-hydrogen) atoms. The van der Waals surface area contributed by atoms with Crippen molar-refractivity contribution in [3.8, 4) is 0 Å². The molecule has 0 amide bonds. The average molecular weight is 214 g/mol. The number of allylic oxidation sites excluding steroid dienone is 3. The lowest BCUT2D eigenvalue weighted by Crippen LogP contribution is -2.30. The minimum atomic E-state index is -0.365. The maximum Gasteiger partial charge on any atom is 0.330 e. The second-order valence-corrected chi connectivity index (χ2v) is 3.86. The summed E-state index contributed by atoms with van der Waals surface area (Å²) in [5.41, 5.74) is -0.365. The van der Waals surface area contributed by atoms with E-state index in [9.17, 15) is 4.79 Å². The quantitative estimate of drug-likeness (QED) is 0.293. The molecular weight excluding hydrogens is 196 g/mol. The third-order valence-electron chi connectivity index (χ3n) is 1.65. The molecule has 0 aliphatic carbocycles. The molecule has 0 spiro atoms. The van der Waals surface area contributed by atoms with Crippen molar-refractivity contribution in [2.24, 2.45) is 0 Å². The van der Waals surface area contributed by atoms with Crippen molar-refractivity contribution in [2.45, 2.75) is 26.4 Å². The Hall–Kier alpha value is -0.873. The molecule has 0 aromatic heterocycles. The Bertz CT molecular complexity index is 232. The summed E-state index contributed by atoms with van der Waals surface area (Å²) in [6, 6.07) is 0. The van der Waals surface area contributed by atoms with Crippen LogP contribution in [0.2, 0.25) is 0 Å². The molecule has 0 saturated carbocycles. The molecule has 4 heteroatoms. The van der Waals surface area contributed by atoms with Gasteiger partial charge in [0.1, 0.15) is 17.1 Å². The van der Waals surface area contributed by atoms with Crippen LogP contribution < -0.4 is 0 Å². The van der Waals surface area contributed by atoms with Gasteiger partial charge < -0.3 is 9.16 Å². The summed E-state index contributed by atoms with van der Waals surface area (Å²) in [6.45, 7) is 5.95. The Kier molecular flexibility index (Phi) is 6.15. The predicted octanol–water partition coefficient (Wildman–Crippen LogP) is 0.737. The van der Waals surface area contributed by atoms with Gasteiger partial charge in [0, 0.05) is 6.08 Å². The van der Waals surface area contributed by atoms with Crippen molar-refractivity contribution in [3.05, 3.63) is 24.3 Å². The maximum atomic E-state index is 11.1. The third-order valence-corrected chi connectivity index (χ3v) is 2.76. The van der Waals surface area contributed by atoms with E-state index in [0.29, 0.717) is 10.5 Å². The van der Waals surface area contributed by atoms with Gasteiger partial charge in [-0.1, -0.05) is 18.2 Å². The van der Waals surface area contributed by atoms with Crippen LogP contribution in [0.4, 0.5) is 0 Å². The molecule has 0 aliphatic rings. The van der Waals surface area contributed by atoms with Crippen molar-refractivity contribution in [1.29, 1.82) is 0 Å². The first kappa shape index (κ1) is 13.1. The van der Waals surface area contributed by atoms with Crippen LogP contribution in [0.5, 0.6) is 0 Å². The topological polar surface area (TPSA) is 35.5 Å². The van der Waals surface area contributed by atoms with E-state index in [1.807, 2.05) is 26.8 Å². The van der Waals surface area contributed by atoms with Crippen LogP contribution >= 0.6 is 0 Å². The van der Waals surface area contributed by atoms with Gasteiger partial charge in [0.2, 0.25) is 0 Å². The summed E-state index contributed by atoms with van der Waals surface area (Å²) in [5, 5.41) is 0. The summed E-state index contributed by atoms with van der Waals surface area (Å²) in [6.07, 6.45) is 6.66. The molecule has 0 aliphatic heterocycles. The summed E-state index contributed by atoms with van der Waals surface area (Å²) in [4.78, 5) is 11.1. The van der Waals surface area contributed by atoms with E-state index >= 15 is 0 Å². The minimum absolute atomic E-state index is 0.287. The predicted molar refractivity (Wildman–Crippen MR) is 60.0 cm³/mol. The highest BCUT2D eigenvalue weighted by Gasteiger charge is 2.17. The van der Waals surface area contributed by atoms with Gasteiger partial charge in [0.15, 0.2) is 0 Å². The smallest absolute Gasteiger partial charge is 0.330 e. The highest BCUT2D eigenvalue weighted by atomic mass is 28.2. The van der Waals surface area contributed by atoms with Crippen LogP contribution in [0.1, 0.15) is 20.8 Å². The Morgan fingerprint density at radius 1 is 1.43 bits per heavy atom. The normalized spacial score (nSPS) is 12.8. The van der Waals surface area contributed by atoms with Crippen molar-refractivity contribution in [1.82, 2.24) is 0 Å². The van der Waals surface area contributed by atoms with Crippen LogP contribution in [0.3, 0.4) is 0 Å². The fourth-order valence-corrected chi connectivity index (χ4v) is 0.715. The van der Waals surface area contributed by atoms with Gasteiger partial charge >= 0.3 is 5.97 Å². The summed E-state index contributed by atoms with van der Waals surface area (Å²) < 4.78 is 10.2. The van der Waals surface area contributed by atoms with Gasteiger partial charge in [-0.05, 0) is 20.8 Å². The highest BCUT2D eigenvalue weighted by molar-refractivity contribution is 5.98. The SMILES string of the molecule is C/C=C/C=C/C(=O)OCC(C)(C)O[SiH3]. The molecule has 0 fully saturated rings. The fourth-order valence-electron chi connectivity index (χ4n) is 0.597. The van der Waals surface area contributed by atoms with Crippen LogP contribution in [-0.4, -0.2) is 28.7 Å². The van der Waals surface area contributed by atoms with Crippen molar-refractivity contribution >= 4 is 16.5 Å². The number of esters is 1. The van der Waals surface area contributed by atoms with E-state index in [4.69, 9.17) is 9.16 Å². The second kappa shape index (κ2) is 6.56. The van der Waals surface area contributed by atoms with E-state index in [-0.39, 0.29) is 18.2 Å². The first-order chi connectivity index (χ1) is 6.52. The molecule has 0 aromatic carbocycles. The zero-order valence-electron chi connectivity index (χ0n) is 9.24. The molecule has 0 radical (unpaired) electrons. The lowest BCUT2D eigenvalue weighted by Gasteiger charge is -2.22. The minimum Gasteiger partial charge on any atom is -0.460 e. The lowest BCUT2D eigenvalue weighted by atomic mass is 10.2. The van der Waals surface area contributed by atoms with E-state index in [1.54, 1.807) is 12.2 Å². The van der Waals surface area contributed by atoms with Crippen LogP contribution in [-0.2, 0) is 14.0 Å². The molecule has 80 valence electrons. The highest BCUT2D eigenvalue weighted by Crippen LogP contribution is 2.06. The Balaban J connectivity index is 3.85. The van der Waals surface area contributed by atoms with Crippen molar-refractivity contribution in [3.63, 3.8) is 0 Å². The van der Waals surface area contributed by atoms with Crippen molar-refractivity contribution < 1.29 is 14.0 Å². The van der Waals surface area contributed by atoms with E-state index in [0.717, 1.165) is 0 Å². The first-order valence-corrected chi connectivity index (χ1v) is 5.35. The van der Waals surface area contributed by atoms with Gasteiger partial charge in [-0.15, -0.1) is 0 Å². The summed E-state index contributed by atoms with van der Waals surface area (Å²) in [7, 11) is 0.640. The molecule has 0 bridgehead atoms. The van der Waals surface area contributed by atoms with Gasteiger partial charge in [0.25, 0.3) is 0 Å². The number of carbonyl (C=O) groups is 1. The lowest BCUT2D eigenvalue weighted by molar-refractivity contribution is -0.142. The van der Waals surface area contributed by atoms with Crippen molar-refractivity contribution in [2.75, 3.05) is 6.61 Å². The Morgan fingerprint density at radius 3 is 2.57 bits per heavy atom. The van der Waals surface area contributed by atoms with Gasteiger partial charge in [-0.3, -0.25) is 0 Å². The van der Waals surface area contributed by atoms with Crippen LogP contribution in [0.25, 0.3) is 0 Å². The molecule has 0 aromatic rings. The molecule has 0 saturated heterocycles. The molecule has 0 unspecified atom stereocenters. The van der Waals surface area contributed by atoms with Crippen LogP contribution in [0, 0.1) is 0 Å². The van der Waals surface area contributed by atoms with E-state index < -0.39 is 0 Å². The fraction of sp³-hybridized carbons (Fsp3) is 0.500. The van der Waals surface area contributed by atoms with E-state index in [2.05, 4.69) is 0 Å². The van der Waals surface area contributed by atoms with Gasteiger partial charge in [0.05, 0.1) is 5.60 Å². The zero-order chi connectivity index (χ0) is 11.0. The number of ether oxygens (including phenoxy) is 1. The number of hydrogen-bond acceptors (Lipinski definition) is 3. The largest absolute Gasteiger partial charge is 0.460 e. The molecule has 0 heterocycles. The monoisotopic (exact) mass is 214 g/mol. The molecule has 0 rings (SSSR count). The average Bonchev–Trinajstić information content (AvgIpc) is 2.16. The van der Waals surface area contributed by atoms with Gasteiger partial charge in [-0.25, -0.2) is 4.79 Å². The Labute approximate surface area is 88.3 Å². The molecule has 0 atom stereocenters. The second-order valence-electron chi connectivity index (χ2n) is 3.46. The molecule has 0 N–H and O–H groups in total. The number of rotatable bonds is 5. The number of carbonyl (C=O) groups excluding carboxylic acids is 1. The zero-order valence-corrected chi connectivity index (χ0v) is 11.2. The van der Waals surface area contributed by atoms with E-state index in [1.165, 1.54) is 6.08 Å². The molecule has 3 nitrogen and oxygen atoms in total. The van der Waals surface area contributed by atoms with Gasteiger partial charge in [-0.2, -0.15) is 0 Å². The van der Waals surface area contributed by atoms with Crippen LogP contribution in [0.15, 0.2) is 24.3 Å². The standard InChI is InChI=1S/C10H18O3Si/c1-4-5-6-7-9(11)12-8-10(2,3)13-14/h4-7H,8H2,1-3,14H3/b5-4+,7-6+. The molecular formula is C10H18O3Si. The first-order valence-electron chi connectivity index (χ1n) is 4.53. The maximum absolute atomic E-state index is 11.1.